The molecule has 0 bridgehead atoms. The van der Waals surface area contributed by atoms with Crippen LogP contribution in [0.4, 0.5) is 0 Å². The fourth-order valence-corrected chi connectivity index (χ4v) is 2.99. The number of hydrogen-bond acceptors (Lipinski definition) is 5. The van der Waals surface area contributed by atoms with E-state index in [1.807, 2.05) is 42.6 Å². The maximum atomic E-state index is 4.76. The Morgan fingerprint density at radius 3 is 2.44 bits per heavy atom. The normalized spacial score (nSPS) is 11.2. The van der Waals surface area contributed by atoms with Gasteiger partial charge in [-0.15, -0.1) is 24.3 Å². The van der Waals surface area contributed by atoms with Gasteiger partial charge >= 0.3 is 27.0 Å². The minimum atomic E-state index is 0.704. The van der Waals surface area contributed by atoms with E-state index in [4.69, 9.17) is 14.7 Å². The van der Waals surface area contributed by atoms with Crippen molar-refractivity contribution in [2.45, 2.75) is 13.8 Å². The number of pyridine rings is 1. The Labute approximate surface area is 157 Å². The summed E-state index contributed by atoms with van der Waals surface area (Å²) in [5, 5.41) is 2.93. The quantitative estimate of drug-likeness (QED) is 0.226. The standard InChI is InChI=1S/C17H11N6.ClH.Zn/c1-9-18-7-13-11-5-3-4-6-12(11)15-22-14-8-19-10(2)21-17(14)23(15)16(13)20-9;;/h3-5,7-8H,1-2H3;1H;/q-1;;+2/p-1. The predicted octanol–water partition coefficient (Wildman–Crippen LogP) is 3.48. The van der Waals surface area contributed by atoms with Crippen LogP contribution in [0.2, 0.25) is 0 Å². The van der Waals surface area contributed by atoms with E-state index in [-0.39, 0.29) is 0 Å². The zero-order valence-corrected chi connectivity index (χ0v) is 17.4. The van der Waals surface area contributed by atoms with Crippen molar-refractivity contribution in [2.24, 2.45) is 0 Å². The molecule has 25 heavy (non-hydrogen) atoms. The first-order valence-corrected chi connectivity index (χ1v) is 11.5. The van der Waals surface area contributed by atoms with E-state index in [9.17, 15) is 0 Å². The second-order valence-electron chi connectivity index (χ2n) is 5.51. The van der Waals surface area contributed by atoms with E-state index >= 15 is 0 Å². The van der Waals surface area contributed by atoms with Crippen molar-refractivity contribution in [3.63, 3.8) is 0 Å². The number of nitrogens with zero attached hydrogens (tertiary/aromatic N) is 6. The molecular weight excluding hydrogens is 389 g/mol. The fraction of sp³-hybridized carbons (Fsp3) is 0.118. The summed E-state index contributed by atoms with van der Waals surface area (Å²) in [7, 11) is 4.76. The molecule has 118 valence electrons. The molecule has 0 fully saturated rings. The second-order valence-corrected chi connectivity index (χ2v) is 5.51. The van der Waals surface area contributed by atoms with Crippen LogP contribution in [0.15, 0.2) is 30.6 Å². The van der Waals surface area contributed by atoms with E-state index in [2.05, 4.69) is 26.0 Å². The topological polar surface area (TPSA) is 68.9 Å². The number of fused-ring (bicyclic) bond motifs is 8. The van der Waals surface area contributed by atoms with Gasteiger partial charge in [-0.05, 0) is 13.8 Å². The molecule has 0 radical (unpaired) electrons. The van der Waals surface area contributed by atoms with E-state index in [1.165, 1.54) is 0 Å². The van der Waals surface area contributed by atoms with Crippen molar-refractivity contribution >= 4 is 48.3 Å². The summed E-state index contributed by atoms with van der Waals surface area (Å²) in [6.07, 6.45) is 3.60. The maximum absolute atomic E-state index is 4.76. The van der Waals surface area contributed by atoms with E-state index in [0.717, 1.165) is 55.9 Å². The van der Waals surface area contributed by atoms with Crippen molar-refractivity contribution in [2.75, 3.05) is 0 Å². The molecule has 0 N–H and O–H groups in total. The van der Waals surface area contributed by atoms with Crippen LogP contribution in [0.3, 0.4) is 0 Å². The molecule has 0 aliphatic rings. The van der Waals surface area contributed by atoms with Crippen LogP contribution in [0.5, 0.6) is 0 Å². The molecule has 0 aliphatic heterocycles. The molecule has 0 aliphatic carbocycles. The Morgan fingerprint density at radius 1 is 0.920 bits per heavy atom. The third kappa shape index (κ3) is 2.46. The summed E-state index contributed by atoms with van der Waals surface area (Å²) in [5.74, 6) is 1.42. The van der Waals surface area contributed by atoms with E-state index in [0.29, 0.717) is 11.6 Å². The molecule has 0 unspecified atom stereocenters. The first-order valence-electron chi connectivity index (χ1n) is 7.56. The fourth-order valence-electron chi connectivity index (χ4n) is 2.99. The number of halogens is 1. The molecule has 0 saturated heterocycles. The Hall–Kier alpha value is -2.24. The average molecular weight is 400 g/mol. The van der Waals surface area contributed by atoms with Crippen LogP contribution >= 0.6 is 9.69 Å². The summed E-state index contributed by atoms with van der Waals surface area (Å²) >= 11 is 0.847. The van der Waals surface area contributed by atoms with Crippen LogP contribution in [0, 0.1) is 19.9 Å². The first-order chi connectivity index (χ1) is 12.2. The molecule has 6 nitrogen and oxygen atoms in total. The van der Waals surface area contributed by atoms with Crippen LogP contribution in [-0.4, -0.2) is 29.3 Å². The van der Waals surface area contributed by atoms with Crippen molar-refractivity contribution in [1.29, 1.82) is 0 Å². The van der Waals surface area contributed by atoms with Gasteiger partial charge < -0.3 is 4.40 Å². The predicted molar refractivity (Wildman–Crippen MR) is 93.1 cm³/mol. The van der Waals surface area contributed by atoms with Crippen molar-refractivity contribution < 1.29 is 17.3 Å². The monoisotopic (exact) mass is 398 g/mol. The number of aryl methyl sites for hydroxylation is 2. The van der Waals surface area contributed by atoms with Crippen LogP contribution in [0.25, 0.3) is 38.6 Å². The minimum absolute atomic E-state index is 0.704. The van der Waals surface area contributed by atoms with Gasteiger partial charge in [0.25, 0.3) is 0 Å². The summed E-state index contributed by atoms with van der Waals surface area (Å²) in [6.45, 7) is 3.75. The Morgan fingerprint density at radius 2 is 1.64 bits per heavy atom. The number of hydrogen-bond donors (Lipinski definition) is 0. The summed E-state index contributed by atoms with van der Waals surface area (Å²) in [5.41, 5.74) is 3.11. The summed E-state index contributed by atoms with van der Waals surface area (Å²) < 4.78 is 1.98. The second kappa shape index (κ2) is 6.24. The van der Waals surface area contributed by atoms with E-state index in [1.54, 1.807) is 6.20 Å². The van der Waals surface area contributed by atoms with Gasteiger partial charge in [-0.2, -0.15) is 0 Å². The van der Waals surface area contributed by atoms with Crippen molar-refractivity contribution in [1.82, 2.24) is 29.3 Å². The zero-order valence-electron chi connectivity index (χ0n) is 13.7. The molecular formula is C17H11ClN6Zn. The van der Waals surface area contributed by atoms with Gasteiger partial charge in [0.15, 0.2) is 5.65 Å². The molecule has 5 aromatic rings. The third-order valence-corrected chi connectivity index (χ3v) is 3.99. The number of rotatable bonds is 0. The van der Waals surface area contributed by atoms with Crippen molar-refractivity contribution in [3.05, 3.63) is 48.3 Å². The van der Waals surface area contributed by atoms with Crippen LogP contribution in [-0.2, 0) is 17.3 Å². The SMILES string of the molecule is Cc1ncc2nc3c4[c-]cccc4c4cnc(C)nc4n3c2n1.[Cl][Zn+]. The van der Waals surface area contributed by atoms with Gasteiger partial charge in [-0.3, -0.25) is 4.98 Å². The zero-order chi connectivity index (χ0) is 17.6. The molecule has 5 rings (SSSR count). The van der Waals surface area contributed by atoms with Gasteiger partial charge in [-0.1, -0.05) is 10.8 Å². The molecule has 4 heterocycles. The Balaban J connectivity index is 0.000000758. The molecule has 0 spiro atoms. The van der Waals surface area contributed by atoms with Crippen LogP contribution in [0.1, 0.15) is 11.6 Å². The van der Waals surface area contributed by atoms with E-state index < -0.39 is 0 Å². The number of imidazole rings is 1. The number of aromatic nitrogens is 6. The molecule has 4 aromatic heterocycles. The van der Waals surface area contributed by atoms with Gasteiger partial charge in [0, 0.05) is 11.6 Å². The first kappa shape index (κ1) is 16.2. The van der Waals surface area contributed by atoms with Crippen molar-refractivity contribution in [3.8, 4) is 0 Å². The third-order valence-electron chi connectivity index (χ3n) is 3.99. The summed E-state index contributed by atoms with van der Waals surface area (Å²) in [4.78, 5) is 22.5. The molecule has 0 amide bonds. The Kier molecular flexibility index (Phi) is 4.06. The van der Waals surface area contributed by atoms with Gasteiger partial charge in [-0.25, -0.2) is 19.9 Å². The molecule has 0 saturated carbocycles. The summed E-state index contributed by atoms with van der Waals surface area (Å²) in [6, 6.07) is 9.19. The average Bonchev–Trinajstić information content (AvgIpc) is 3.02. The van der Waals surface area contributed by atoms with Gasteiger partial charge in [0.05, 0.1) is 11.8 Å². The molecule has 1 aromatic carbocycles. The molecule has 8 heteroatoms. The Bertz CT molecular complexity index is 1250. The van der Waals surface area contributed by atoms with Crippen LogP contribution < -0.4 is 0 Å². The van der Waals surface area contributed by atoms with Gasteiger partial charge in [0.1, 0.15) is 22.8 Å². The molecule has 0 atom stereocenters. The number of benzene rings is 1. The van der Waals surface area contributed by atoms with Gasteiger partial charge in [0.2, 0.25) is 0 Å².